The standard InChI is InChI=1S/C17H18BrNO4S/c1-11-4-6-14(24(3,21)22)9-15(11)17(20)19-10-12-8-13(18)5-7-16(12)23-2/h4-9H,10H2,1-3H3,(H,19,20). The molecule has 0 atom stereocenters. The number of carbonyl (C=O) groups is 1. The molecule has 0 unspecified atom stereocenters. The van der Waals surface area contributed by atoms with Crippen LogP contribution in [0.4, 0.5) is 0 Å². The summed E-state index contributed by atoms with van der Waals surface area (Å²) in [6.07, 6.45) is 1.12. The number of aryl methyl sites for hydroxylation is 1. The summed E-state index contributed by atoms with van der Waals surface area (Å²) in [5.41, 5.74) is 1.87. The second-order valence-electron chi connectivity index (χ2n) is 5.39. The first kappa shape index (κ1) is 18.5. The van der Waals surface area contributed by atoms with E-state index in [4.69, 9.17) is 4.74 Å². The summed E-state index contributed by atoms with van der Waals surface area (Å²) < 4.78 is 29.5. The summed E-state index contributed by atoms with van der Waals surface area (Å²) in [6.45, 7) is 2.03. The van der Waals surface area contributed by atoms with Crippen molar-refractivity contribution in [1.29, 1.82) is 0 Å². The van der Waals surface area contributed by atoms with Crippen molar-refractivity contribution in [2.75, 3.05) is 13.4 Å². The quantitative estimate of drug-likeness (QED) is 0.819. The SMILES string of the molecule is COc1ccc(Br)cc1CNC(=O)c1cc(S(C)(=O)=O)ccc1C. The smallest absolute Gasteiger partial charge is 0.251 e. The molecule has 0 heterocycles. The first-order chi connectivity index (χ1) is 11.2. The number of benzene rings is 2. The van der Waals surface area contributed by atoms with Gasteiger partial charge >= 0.3 is 0 Å². The zero-order valence-corrected chi connectivity index (χ0v) is 16.0. The predicted octanol–water partition coefficient (Wildman–Crippen LogP) is 3.10. The van der Waals surface area contributed by atoms with E-state index in [-0.39, 0.29) is 17.3 Å². The van der Waals surface area contributed by atoms with Gasteiger partial charge < -0.3 is 10.1 Å². The molecular formula is C17H18BrNO4S. The van der Waals surface area contributed by atoms with Gasteiger partial charge in [-0.3, -0.25) is 4.79 Å². The van der Waals surface area contributed by atoms with Crippen LogP contribution in [-0.4, -0.2) is 27.7 Å². The van der Waals surface area contributed by atoms with Crippen LogP contribution in [0.2, 0.25) is 0 Å². The molecule has 7 heteroatoms. The van der Waals surface area contributed by atoms with Crippen LogP contribution >= 0.6 is 15.9 Å². The molecule has 128 valence electrons. The molecule has 0 saturated carbocycles. The topological polar surface area (TPSA) is 72.5 Å². The minimum atomic E-state index is -3.37. The Morgan fingerprint density at radius 2 is 1.92 bits per heavy atom. The van der Waals surface area contributed by atoms with Gasteiger partial charge in [-0.05, 0) is 42.8 Å². The van der Waals surface area contributed by atoms with Crippen molar-refractivity contribution in [2.45, 2.75) is 18.4 Å². The molecule has 0 aliphatic rings. The Morgan fingerprint density at radius 1 is 1.21 bits per heavy atom. The molecule has 0 aliphatic heterocycles. The van der Waals surface area contributed by atoms with Crippen LogP contribution in [0.5, 0.6) is 5.75 Å². The maximum Gasteiger partial charge on any atom is 0.251 e. The molecule has 0 spiro atoms. The molecule has 1 N–H and O–H groups in total. The number of nitrogens with one attached hydrogen (secondary N) is 1. The second kappa shape index (κ2) is 7.36. The molecule has 2 aromatic carbocycles. The Morgan fingerprint density at radius 3 is 2.54 bits per heavy atom. The molecule has 1 amide bonds. The molecule has 0 bridgehead atoms. The van der Waals surface area contributed by atoms with Crippen LogP contribution in [0.25, 0.3) is 0 Å². The molecular weight excluding hydrogens is 394 g/mol. The molecule has 0 saturated heterocycles. The van der Waals surface area contributed by atoms with Crippen LogP contribution in [0.1, 0.15) is 21.5 Å². The monoisotopic (exact) mass is 411 g/mol. The minimum absolute atomic E-state index is 0.123. The van der Waals surface area contributed by atoms with Crippen molar-refractivity contribution in [3.63, 3.8) is 0 Å². The zero-order valence-electron chi connectivity index (χ0n) is 13.6. The lowest BCUT2D eigenvalue weighted by Crippen LogP contribution is -2.24. The van der Waals surface area contributed by atoms with E-state index in [1.165, 1.54) is 12.1 Å². The van der Waals surface area contributed by atoms with Crippen LogP contribution in [0.15, 0.2) is 45.8 Å². The summed E-state index contributed by atoms with van der Waals surface area (Å²) in [5, 5.41) is 2.80. The van der Waals surface area contributed by atoms with Gasteiger partial charge in [-0.15, -0.1) is 0 Å². The Hall–Kier alpha value is -1.86. The van der Waals surface area contributed by atoms with Gasteiger partial charge in [0.1, 0.15) is 5.75 Å². The molecule has 0 aromatic heterocycles. The number of hydrogen-bond donors (Lipinski definition) is 1. The van der Waals surface area contributed by atoms with E-state index in [1.807, 2.05) is 12.1 Å². The summed E-state index contributed by atoms with van der Waals surface area (Å²) in [4.78, 5) is 12.6. The van der Waals surface area contributed by atoms with Gasteiger partial charge in [0.05, 0.1) is 12.0 Å². The molecule has 0 aliphatic carbocycles. The minimum Gasteiger partial charge on any atom is -0.496 e. The van der Waals surface area contributed by atoms with Crippen molar-refractivity contribution in [2.24, 2.45) is 0 Å². The van der Waals surface area contributed by atoms with Gasteiger partial charge in [0, 0.05) is 28.4 Å². The highest BCUT2D eigenvalue weighted by Gasteiger charge is 2.15. The van der Waals surface area contributed by atoms with Gasteiger partial charge in [-0.1, -0.05) is 22.0 Å². The highest BCUT2D eigenvalue weighted by Crippen LogP contribution is 2.23. The Bertz CT molecular complexity index is 878. The lowest BCUT2D eigenvalue weighted by molar-refractivity contribution is 0.0950. The van der Waals surface area contributed by atoms with Crippen LogP contribution in [0, 0.1) is 6.92 Å². The molecule has 0 radical (unpaired) electrons. The van der Waals surface area contributed by atoms with Crippen LogP contribution in [-0.2, 0) is 16.4 Å². The van der Waals surface area contributed by atoms with Crippen molar-refractivity contribution >= 4 is 31.7 Å². The van der Waals surface area contributed by atoms with Crippen LogP contribution in [0.3, 0.4) is 0 Å². The Labute approximate surface area is 150 Å². The highest BCUT2D eigenvalue weighted by molar-refractivity contribution is 9.10. The van der Waals surface area contributed by atoms with Crippen molar-refractivity contribution in [3.8, 4) is 5.75 Å². The molecule has 24 heavy (non-hydrogen) atoms. The number of methoxy groups -OCH3 is 1. The van der Waals surface area contributed by atoms with Gasteiger partial charge in [0.2, 0.25) is 0 Å². The Kier molecular flexibility index (Phi) is 5.66. The molecule has 5 nitrogen and oxygen atoms in total. The average molecular weight is 412 g/mol. The number of rotatable bonds is 5. The summed E-state index contributed by atoms with van der Waals surface area (Å²) >= 11 is 3.39. The third-order valence-corrected chi connectivity index (χ3v) is 5.17. The highest BCUT2D eigenvalue weighted by atomic mass is 79.9. The maximum absolute atomic E-state index is 12.4. The third kappa shape index (κ3) is 4.36. The number of carbonyl (C=O) groups excluding carboxylic acids is 1. The second-order valence-corrected chi connectivity index (χ2v) is 8.32. The number of amides is 1. The van der Waals surface area contributed by atoms with E-state index in [2.05, 4.69) is 21.2 Å². The number of ether oxygens (including phenoxy) is 1. The van der Waals surface area contributed by atoms with Gasteiger partial charge in [0.25, 0.3) is 5.91 Å². The fourth-order valence-electron chi connectivity index (χ4n) is 2.23. The lowest BCUT2D eigenvalue weighted by Gasteiger charge is -2.12. The van der Waals surface area contributed by atoms with E-state index in [0.717, 1.165) is 16.3 Å². The van der Waals surface area contributed by atoms with Gasteiger partial charge in [0.15, 0.2) is 9.84 Å². The average Bonchev–Trinajstić information content (AvgIpc) is 2.52. The fourth-order valence-corrected chi connectivity index (χ4v) is 3.29. The fraction of sp³-hybridized carbons (Fsp3) is 0.235. The van der Waals surface area contributed by atoms with E-state index < -0.39 is 9.84 Å². The first-order valence-corrected chi connectivity index (χ1v) is 9.82. The normalized spacial score (nSPS) is 11.2. The van der Waals surface area contributed by atoms with E-state index >= 15 is 0 Å². The number of hydrogen-bond acceptors (Lipinski definition) is 4. The first-order valence-electron chi connectivity index (χ1n) is 7.13. The van der Waals surface area contributed by atoms with Crippen molar-refractivity contribution in [3.05, 3.63) is 57.6 Å². The van der Waals surface area contributed by atoms with Crippen molar-refractivity contribution < 1.29 is 17.9 Å². The summed E-state index contributed by atoms with van der Waals surface area (Å²) in [6, 6.07) is 10.0. The van der Waals surface area contributed by atoms with Crippen molar-refractivity contribution in [1.82, 2.24) is 5.32 Å². The molecule has 2 rings (SSSR count). The molecule has 0 fully saturated rings. The summed E-state index contributed by atoms with van der Waals surface area (Å²) in [5.74, 6) is 0.333. The van der Waals surface area contributed by atoms with Gasteiger partial charge in [-0.25, -0.2) is 8.42 Å². The number of sulfone groups is 1. The predicted molar refractivity (Wildman–Crippen MR) is 96.2 cm³/mol. The largest absolute Gasteiger partial charge is 0.496 e. The van der Waals surface area contributed by atoms with E-state index in [1.54, 1.807) is 26.2 Å². The van der Waals surface area contributed by atoms with E-state index in [9.17, 15) is 13.2 Å². The maximum atomic E-state index is 12.4. The third-order valence-electron chi connectivity index (χ3n) is 3.56. The van der Waals surface area contributed by atoms with E-state index in [0.29, 0.717) is 16.9 Å². The van der Waals surface area contributed by atoms with Crippen LogP contribution < -0.4 is 10.1 Å². The lowest BCUT2D eigenvalue weighted by atomic mass is 10.1. The number of halogens is 1. The summed E-state index contributed by atoms with van der Waals surface area (Å²) in [7, 11) is -1.80. The zero-order chi connectivity index (χ0) is 17.9. The Balaban J connectivity index is 2.24. The molecule has 2 aromatic rings. The van der Waals surface area contributed by atoms with Gasteiger partial charge in [-0.2, -0.15) is 0 Å².